The van der Waals surface area contributed by atoms with Crippen LogP contribution >= 0.6 is 15.9 Å². The molecule has 4 nitrogen and oxygen atoms in total. The first-order valence-corrected chi connectivity index (χ1v) is 3.73. The number of halogens is 1. The molecule has 0 aromatic carbocycles. The summed E-state index contributed by atoms with van der Waals surface area (Å²) < 4.78 is 0.726. The number of hydrogen-bond acceptors (Lipinski definition) is 2. The van der Waals surface area contributed by atoms with E-state index in [-0.39, 0.29) is 0 Å². The number of nitrogens with one attached hydrogen (secondary N) is 1. The van der Waals surface area contributed by atoms with Gasteiger partial charge in [0.2, 0.25) is 0 Å². The van der Waals surface area contributed by atoms with Crippen molar-refractivity contribution < 1.29 is 9.90 Å². The predicted octanol–water partition coefficient (Wildman–Crippen LogP) is 0.862. The molecule has 0 radical (unpaired) electrons. The summed E-state index contributed by atoms with van der Waals surface area (Å²) in [6.45, 7) is 0. The molecule has 1 aromatic heterocycles. The van der Waals surface area contributed by atoms with Crippen molar-refractivity contribution in [2.24, 2.45) is 5.73 Å². The van der Waals surface area contributed by atoms with Crippen LogP contribution in [0, 0.1) is 0 Å². The maximum atomic E-state index is 10.3. The topological polar surface area (TPSA) is 79.1 Å². The summed E-state index contributed by atoms with van der Waals surface area (Å²) in [5.74, 6) is -1.04. The van der Waals surface area contributed by atoms with Gasteiger partial charge in [0.25, 0.3) is 0 Å². The summed E-state index contributed by atoms with van der Waals surface area (Å²) >= 11 is 3.15. The largest absolute Gasteiger partial charge is 0.480 e. The fourth-order valence-electron chi connectivity index (χ4n) is 0.699. The first-order valence-electron chi connectivity index (χ1n) is 2.94. The lowest BCUT2D eigenvalue weighted by Gasteiger charge is -2.01. The fourth-order valence-corrected chi connectivity index (χ4v) is 1.06. The van der Waals surface area contributed by atoms with Crippen LogP contribution in [0.25, 0.3) is 0 Å². The second kappa shape index (κ2) is 3.06. The summed E-state index contributed by atoms with van der Waals surface area (Å²) in [5.41, 5.74) is 5.79. The molecule has 1 heterocycles. The minimum Gasteiger partial charge on any atom is -0.480 e. The molecule has 1 aromatic rings. The van der Waals surface area contributed by atoms with Crippen LogP contribution in [0.1, 0.15) is 11.7 Å². The zero-order chi connectivity index (χ0) is 8.43. The number of H-pyrrole nitrogens is 1. The van der Waals surface area contributed by atoms with E-state index in [1.807, 2.05) is 0 Å². The van der Waals surface area contributed by atoms with Crippen LogP contribution in [-0.4, -0.2) is 16.1 Å². The monoisotopic (exact) mass is 218 g/mol. The lowest BCUT2D eigenvalue weighted by molar-refractivity contribution is -0.138. The van der Waals surface area contributed by atoms with Gasteiger partial charge in [0.1, 0.15) is 6.04 Å². The van der Waals surface area contributed by atoms with Gasteiger partial charge in [-0.15, -0.1) is 0 Å². The van der Waals surface area contributed by atoms with Crippen molar-refractivity contribution in [2.45, 2.75) is 6.04 Å². The first kappa shape index (κ1) is 8.29. The van der Waals surface area contributed by atoms with Crippen LogP contribution in [0.15, 0.2) is 16.7 Å². The number of aromatic nitrogens is 1. The molecule has 0 saturated heterocycles. The maximum Gasteiger partial charge on any atom is 0.326 e. The Labute approximate surface area is 71.5 Å². The van der Waals surface area contributed by atoms with Crippen molar-refractivity contribution in [3.8, 4) is 0 Å². The molecule has 0 bridgehead atoms. The number of aliphatic carboxylic acids is 1. The molecule has 4 N–H and O–H groups in total. The molecule has 60 valence electrons. The Morgan fingerprint density at radius 1 is 1.73 bits per heavy atom. The highest BCUT2D eigenvalue weighted by atomic mass is 79.9. The highest BCUT2D eigenvalue weighted by molar-refractivity contribution is 9.10. The van der Waals surface area contributed by atoms with Crippen molar-refractivity contribution in [3.05, 3.63) is 22.4 Å². The van der Waals surface area contributed by atoms with Crippen molar-refractivity contribution >= 4 is 21.9 Å². The summed E-state index contributed by atoms with van der Waals surface area (Å²) in [6.07, 6.45) is 0. The van der Waals surface area contributed by atoms with Crippen LogP contribution in [-0.2, 0) is 4.79 Å². The highest BCUT2D eigenvalue weighted by Crippen LogP contribution is 2.13. The van der Waals surface area contributed by atoms with Gasteiger partial charge in [-0.1, -0.05) is 0 Å². The molecular weight excluding hydrogens is 212 g/mol. The van der Waals surface area contributed by atoms with Crippen molar-refractivity contribution in [1.82, 2.24) is 4.98 Å². The number of hydrogen-bond donors (Lipinski definition) is 3. The Morgan fingerprint density at radius 3 is 2.73 bits per heavy atom. The van der Waals surface area contributed by atoms with Gasteiger partial charge in [-0.2, -0.15) is 0 Å². The van der Waals surface area contributed by atoms with Gasteiger partial charge < -0.3 is 15.8 Å². The molecule has 0 aliphatic rings. The maximum absolute atomic E-state index is 10.3. The van der Waals surface area contributed by atoms with E-state index in [1.165, 1.54) is 0 Å². The second-order valence-electron chi connectivity index (χ2n) is 2.08. The van der Waals surface area contributed by atoms with Crippen LogP contribution < -0.4 is 5.73 Å². The van der Waals surface area contributed by atoms with Gasteiger partial charge in [-0.25, -0.2) is 0 Å². The average molecular weight is 219 g/mol. The quantitative estimate of drug-likeness (QED) is 0.690. The standard InChI is InChI=1S/C6H7BrN2O2/c7-4-2-1-3(9-4)5(8)6(10)11/h1-2,5,9H,8H2,(H,10,11). The third-order valence-electron chi connectivity index (χ3n) is 1.27. The van der Waals surface area contributed by atoms with Gasteiger partial charge in [-0.05, 0) is 28.1 Å². The Morgan fingerprint density at radius 2 is 2.36 bits per heavy atom. The molecule has 1 rings (SSSR count). The van der Waals surface area contributed by atoms with Gasteiger partial charge in [0, 0.05) is 5.69 Å². The van der Waals surface area contributed by atoms with Crippen LogP contribution in [0.5, 0.6) is 0 Å². The van der Waals surface area contributed by atoms with E-state index < -0.39 is 12.0 Å². The predicted molar refractivity (Wildman–Crippen MR) is 43.1 cm³/mol. The molecule has 0 fully saturated rings. The Bertz CT molecular complexity index is 271. The van der Waals surface area contributed by atoms with E-state index in [1.54, 1.807) is 12.1 Å². The zero-order valence-electron chi connectivity index (χ0n) is 5.54. The Hall–Kier alpha value is -0.810. The van der Waals surface area contributed by atoms with E-state index in [2.05, 4.69) is 20.9 Å². The van der Waals surface area contributed by atoms with Crippen molar-refractivity contribution in [3.63, 3.8) is 0 Å². The molecule has 0 aliphatic heterocycles. The van der Waals surface area contributed by atoms with Crippen LogP contribution in [0.4, 0.5) is 0 Å². The molecule has 0 saturated carbocycles. The highest BCUT2D eigenvalue weighted by Gasteiger charge is 2.14. The van der Waals surface area contributed by atoms with Crippen molar-refractivity contribution in [1.29, 1.82) is 0 Å². The Kier molecular flexibility index (Phi) is 2.31. The molecule has 1 atom stereocenters. The lowest BCUT2D eigenvalue weighted by atomic mass is 10.2. The SMILES string of the molecule is NC(C(=O)O)c1ccc(Br)[nH]1. The number of carboxylic acid groups (broad SMARTS) is 1. The molecular formula is C6H7BrN2O2. The minimum absolute atomic E-state index is 0.490. The zero-order valence-corrected chi connectivity index (χ0v) is 7.13. The summed E-state index contributed by atoms with van der Waals surface area (Å²) in [6, 6.07) is 2.36. The first-order chi connectivity index (χ1) is 5.11. The molecule has 0 aliphatic carbocycles. The van der Waals surface area contributed by atoms with Crippen LogP contribution in [0.2, 0.25) is 0 Å². The number of carboxylic acids is 1. The molecule has 0 spiro atoms. The number of aromatic amines is 1. The van der Waals surface area contributed by atoms with E-state index in [0.29, 0.717) is 5.69 Å². The van der Waals surface area contributed by atoms with E-state index in [9.17, 15) is 4.79 Å². The average Bonchev–Trinajstić information content (AvgIpc) is 2.34. The minimum atomic E-state index is -1.04. The number of carbonyl (C=O) groups is 1. The fraction of sp³-hybridized carbons (Fsp3) is 0.167. The molecule has 1 unspecified atom stereocenters. The molecule has 5 heteroatoms. The third-order valence-corrected chi connectivity index (χ3v) is 1.74. The second-order valence-corrected chi connectivity index (χ2v) is 2.93. The lowest BCUT2D eigenvalue weighted by Crippen LogP contribution is -2.20. The summed E-state index contributed by atoms with van der Waals surface area (Å²) in [5, 5.41) is 8.48. The summed E-state index contributed by atoms with van der Waals surface area (Å²) in [7, 11) is 0. The van der Waals surface area contributed by atoms with E-state index >= 15 is 0 Å². The molecule has 0 amide bonds. The number of nitrogens with two attached hydrogens (primary N) is 1. The Balaban J connectivity index is 2.84. The smallest absolute Gasteiger partial charge is 0.326 e. The van der Waals surface area contributed by atoms with Gasteiger partial charge in [0.05, 0.1) is 4.60 Å². The normalized spacial score (nSPS) is 12.9. The van der Waals surface area contributed by atoms with E-state index in [4.69, 9.17) is 10.8 Å². The van der Waals surface area contributed by atoms with Crippen LogP contribution in [0.3, 0.4) is 0 Å². The summed E-state index contributed by atoms with van der Waals surface area (Å²) in [4.78, 5) is 13.1. The third kappa shape index (κ3) is 1.81. The van der Waals surface area contributed by atoms with Gasteiger partial charge >= 0.3 is 5.97 Å². The van der Waals surface area contributed by atoms with Gasteiger partial charge in [0.15, 0.2) is 0 Å². The van der Waals surface area contributed by atoms with Crippen molar-refractivity contribution in [2.75, 3.05) is 0 Å². The number of rotatable bonds is 2. The van der Waals surface area contributed by atoms with Gasteiger partial charge in [-0.3, -0.25) is 4.79 Å². The molecule has 11 heavy (non-hydrogen) atoms. The van der Waals surface area contributed by atoms with E-state index in [0.717, 1.165) is 4.60 Å².